The van der Waals surface area contributed by atoms with Crippen molar-refractivity contribution in [1.29, 1.82) is 0 Å². The Morgan fingerprint density at radius 3 is 2.21 bits per heavy atom. The van der Waals surface area contributed by atoms with Crippen LogP contribution in [0.4, 0.5) is 0 Å². The van der Waals surface area contributed by atoms with Crippen LogP contribution in [0.1, 0.15) is 44.9 Å². The Balaban J connectivity index is 2.27. The smallest absolute Gasteiger partial charge is 0.308 e. The van der Waals surface area contributed by atoms with Crippen molar-refractivity contribution in [3.63, 3.8) is 0 Å². The van der Waals surface area contributed by atoms with E-state index in [2.05, 4.69) is 0 Å². The molecule has 0 aliphatic heterocycles. The largest absolute Gasteiger partial charge is 0.494 e. The van der Waals surface area contributed by atoms with Crippen molar-refractivity contribution >= 4 is 12.0 Å². The van der Waals surface area contributed by atoms with Gasteiger partial charge < -0.3 is 24.1 Å². The number of hydrogen-bond donors (Lipinski definition) is 1. The lowest BCUT2D eigenvalue weighted by Gasteiger charge is -2.15. The molecule has 6 nitrogen and oxygen atoms in total. The Bertz CT molecular complexity index is 843. The average Bonchev–Trinajstić information content (AvgIpc) is 2.68. The van der Waals surface area contributed by atoms with Crippen molar-refractivity contribution in [2.45, 2.75) is 33.8 Å². The fourth-order valence-corrected chi connectivity index (χ4v) is 2.76. The van der Waals surface area contributed by atoms with Gasteiger partial charge in [-0.25, -0.2) is 0 Å². The minimum atomic E-state index is -0.913. The monoisotopic (exact) mass is 400 g/mol. The van der Waals surface area contributed by atoms with Crippen molar-refractivity contribution in [2.75, 3.05) is 19.8 Å². The minimum Gasteiger partial charge on any atom is -0.494 e. The third-order valence-electron chi connectivity index (χ3n) is 3.92. The predicted octanol–water partition coefficient (Wildman–Crippen LogP) is 4.55. The topological polar surface area (TPSA) is 74.2 Å². The highest BCUT2D eigenvalue weighted by molar-refractivity contribution is 5.69. The molecule has 1 unspecified atom stereocenters. The van der Waals surface area contributed by atoms with Gasteiger partial charge in [0.2, 0.25) is 0 Å². The van der Waals surface area contributed by atoms with Gasteiger partial charge >= 0.3 is 5.97 Å². The van der Waals surface area contributed by atoms with E-state index in [1.54, 1.807) is 30.4 Å². The first-order valence-corrected chi connectivity index (χ1v) is 9.69. The highest BCUT2D eigenvalue weighted by Gasteiger charge is 2.14. The molecule has 0 saturated heterocycles. The molecule has 156 valence electrons. The lowest BCUT2D eigenvalue weighted by atomic mass is 10.1. The number of esters is 1. The standard InChI is InChI=1S/C23H28O6/c1-5-26-18-10-8-17(22(14-18)27-6-2)9-13-21(25)20-12-11-19(29-16(4)24)15-23(20)28-7-3/h8-15,21,25H,5-7H2,1-4H3. The van der Waals surface area contributed by atoms with E-state index in [1.165, 1.54) is 6.92 Å². The van der Waals surface area contributed by atoms with Crippen LogP contribution in [-0.4, -0.2) is 30.9 Å². The van der Waals surface area contributed by atoms with Crippen LogP contribution >= 0.6 is 0 Å². The molecule has 2 aromatic carbocycles. The van der Waals surface area contributed by atoms with E-state index in [0.29, 0.717) is 42.6 Å². The molecule has 0 aliphatic rings. The van der Waals surface area contributed by atoms with E-state index >= 15 is 0 Å². The average molecular weight is 400 g/mol. The molecule has 2 aromatic rings. The van der Waals surface area contributed by atoms with Gasteiger partial charge in [-0.3, -0.25) is 4.79 Å². The van der Waals surface area contributed by atoms with Gasteiger partial charge in [0.1, 0.15) is 29.1 Å². The first-order chi connectivity index (χ1) is 14.0. The van der Waals surface area contributed by atoms with E-state index in [1.807, 2.05) is 39.0 Å². The van der Waals surface area contributed by atoms with E-state index in [9.17, 15) is 9.90 Å². The van der Waals surface area contributed by atoms with Gasteiger partial charge in [0.25, 0.3) is 0 Å². The predicted molar refractivity (Wildman–Crippen MR) is 112 cm³/mol. The van der Waals surface area contributed by atoms with Crippen LogP contribution in [0.25, 0.3) is 6.08 Å². The molecule has 0 aromatic heterocycles. The molecular weight excluding hydrogens is 372 g/mol. The Morgan fingerprint density at radius 1 is 0.931 bits per heavy atom. The second kappa shape index (κ2) is 11.1. The Hall–Kier alpha value is -2.99. The van der Waals surface area contributed by atoms with Crippen molar-refractivity contribution in [2.24, 2.45) is 0 Å². The SMILES string of the molecule is CCOc1ccc(C=CC(O)c2ccc(OC(C)=O)cc2OCC)c(OCC)c1. The summed E-state index contributed by atoms with van der Waals surface area (Å²) in [5, 5.41) is 10.7. The highest BCUT2D eigenvalue weighted by Crippen LogP contribution is 2.32. The lowest BCUT2D eigenvalue weighted by molar-refractivity contribution is -0.131. The van der Waals surface area contributed by atoms with Gasteiger partial charge in [0.05, 0.1) is 19.8 Å². The first kappa shape index (κ1) is 22.3. The van der Waals surface area contributed by atoms with Crippen molar-refractivity contribution in [1.82, 2.24) is 0 Å². The maximum atomic E-state index is 11.2. The van der Waals surface area contributed by atoms with Gasteiger partial charge in [-0.2, -0.15) is 0 Å². The summed E-state index contributed by atoms with van der Waals surface area (Å²) in [6.07, 6.45) is 2.53. The number of aliphatic hydroxyl groups excluding tert-OH is 1. The third kappa shape index (κ3) is 6.54. The normalized spacial score (nSPS) is 11.9. The molecule has 0 fully saturated rings. The van der Waals surface area contributed by atoms with Crippen molar-refractivity contribution < 1.29 is 28.8 Å². The molecule has 0 heterocycles. The lowest BCUT2D eigenvalue weighted by Crippen LogP contribution is -2.04. The van der Waals surface area contributed by atoms with Crippen LogP contribution in [0.15, 0.2) is 42.5 Å². The molecule has 2 rings (SSSR count). The zero-order chi connectivity index (χ0) is 21.2. The summed E-state index contributed by atoms with van der Waals surface area (Å²) >= 11 is 0. The zero-order valence-corrected chi connectivity index (χ0v) is 17.3. The molecule has 0 radical (unpaired) electrons. The van der Waals surface area contributed by atoms with E-state index < -0.39 is 12.1 Å². The Morgan fingerprint density at radius 2 is 1.55 bits per heavy atom. The van der Waals surface area contributed by atoms with Crippen LogP contribution in [0.5, 0.6) is 23.0 Å². The first-order valence-electron chi connectivity index (χ1n) is 9.69. The van der Waals surface area contributed by atoms with E-state index in [4.69, 9.17) is 18.9 Å². The molecule has 0 saturated carbocycles. The summed E-state index contributed by atoms with van der Waals surface area (Å²) in [6, 6.07) is 10.5. The molecular formula is C23H28O6. The Labute approximate surface area is 171 Å². The summed E-state index contributed by atoms with van der Waals surface area (Å²) in [7, 11) is 0. The molecule has 1 N–H and O–H groups in total. The summed E-state index contributed by atoms with van der Waals surface area (Å²) in [4.78, 5) is 11.2. The van der Waals surface area contributed by atoms with Gasteiger partial charge in [-0.1, -0.05) is 12.2 Å². The summed E-state index contributed by atoms with van der Waals surface area (Å²) in [5.74, 6) is 1.82. The number of aliphatic hydroxyl groups is 1. The maximum Gasteiger partial charge on any atom is 0.308 e. The second-order valence-electron chi connectivity index (χ2n) is 6.10. The fourth-order valence-electron chi connectivity index (χ4n) is 2.76. The molecule has 0 bridgehead atoms. The minimum absolute atomic E-state index is 0.367. The second-order valence-corrected chi connectivity index (χ2v) is 6.10. The molecule has 0 amide bonds. The molecule has 1 atom stereocenters. The third-order valence-corrected chi connectivity index (χ3v) is 3.92. The van der Waals surface area contributed by atoms with Crippen LogP contribution in [0.2, 0.25) is 0 Å². The van der Waals surface area contributed by atoms with Crippen LogP contribution < -0.4 is 18.9 Å². The summed E-state index contributed by atoms with van der Waals surface area (Å²) < 4.78 is 21.9. The summed E-state index contributed by atoms with van der Waals surface area (Å²) in [5.41, 5.74) is 1.40. The molecule has 6 heteroatoms. The molecule has 0 aliphatic carbocycles. The highest BCUT2D eigenvalue weighted by atomic mass is 16.5. The zero-order valence-electron chi connectivity index (χ0n) is 17.3. The van der Waals surface area contributed by atoms with E-state index in [-0.39, 0.29) is 0 Å². The number of benzene rings is 2. The number of rotatable bonds is 10. The number of carbonyl (C=O) groups is 1. The van der Waals surface area contributed by atoms with Gasteiger partial charge in [0, 0.05) is 30.2 Å². The van der Waals surface area contributed by atoms with Crippen LogP contribution in [0, 0.1) is 0 Å². The van der Waals surface area contributed by atoms with E-state index in [0.717, 1.165) is 11.3 Å². The van der Waals surface area contributed by atoms with Gasteiger partial charge in [-0.15, -0.1) is 0 Å². The maximum absolute atomic E-state index is 11.2. The van der Waals surface area contributed by atoms with Gasteiger partial charge in [-0.05, 0) is 45.0 Å². The van der Waals surface area contributed by atoms with Crippen molar-refractivity contribution in [3.05, 3.63) is 53.6 Å². The molecule has 0 spiro atoms. The Kier molecular flexibility index (Phi) is 8.55. The number of hydrogen-bond acceptors (Lipinski definition) is 6. The molecule has 29 heavy (non-hydrogen) atoms. The van der Waals surface area contributed by atoms with Crippen molar-refractivity contribution in [3.8, 4) is 23.0 Å². The number of ether oxygens (including phenoxy) is 4. The fraction of sp³-hybridized carbons (Fsp3) is 0.348. The number of carbonyl (C=O) groups excluding carboxylic acids is 1. The quantitative estimate of drug-likeness (QED) is 0.466. The van der Waals surface area contributed by atoms with Crippen LogP contribution in [-0.2, 0) is 4.79 Å². The van der Waals surface area contributed by atoms with Crippen LogP contribution in [0.3, 0.4) is 0 Å². The van der Waals surface area contributed by atoms with Gasteiger partial charge in [0.15, 0.2) is 0 Å². The summed E-state index contributed by atoms with van der Waals surface area (Å²) in [6.45, 7) is 8.52.